The van der Waals surface area contributed by atoms with Gasteiger partial charge in [0.2, 0.25) is 0 Å². The first kappa shape index (κ1) is 12.6. The van der Waals surface area contributed by atoms with Crippen LogP contribution in [0.2, 0.25) is 0 Å². The van der Waals surface area contributed by atoms with Crippen LogP contribution in [0.5, 0.6) is 0 Å². The third-order valence-corrected chi connectivity index (χ3v) is 2.57. The molecule has 18 heavy (non-hydrogen) atoms. The molecule has 1 amide bonds. The number of hydrogen-bond donors (Lipinski definition) is 2. The highest BCUT2D eigenvalue weighted by Gasteiger charge is 2.10. The van der Waals surface area contributed by atoms with Crippen LogP contribution < -0.4 is 5.32 Å². The minimum absolute atomic E-state index is 0.0639. The maximum absolute atomic E-state index is 13.3. The van der Waals surface area contributed by atoms with Gasteiger partial charge in [-0.3, -0.25) is 4.79 Å². The molecule has 0 fully saturated rings. The highest BCUT2D eigenvalue weighted by atomic mass is 32.1. The van der Waals surface area contributed by atoms with E-state index in [2.05, 4.69) is 17.9 Å². The number of carbonyl (C=O) groups excluding carboxylic acids is 1. The fourth-order valence-corrected chi connectivity index (χ4v) is 1.66. The highest BCUT2D eigenvalue weighted by Crippen LogP contribution is 2.17. The third-order valence-electron chi connectivity index (χ3n) is 2.29. The van der Waals surface area contributed by atoms with Crippen molar-refractivity contribution in [1.82, 2.24) is 0 Å². The molecule has 2 rings (SSSR count). The van der Waals surface area contributed by atoms with E-state index in [1.165, 1.54) is 6.07 Å². The molecule has 0 aliphatic heterocycles. The number of hydrogen-bond acceptors (Lipinski definition) is 2. The van der Waals surface area contributed by atoms with Crippen LogP contribution in [-0.4, -0.2) is 5.91 Å². The molecule has 0 unspecified atom stereocenters. The minimum atomic E-state index is -0.814. The van der Waals surface area contributed by atoms with Crippen molar-refractivity contribution >= 4 is 24.2 Å². The van der Waals surface area contributed by atoms with Crippen LogP contribution in [-0.2, 0) is 0 Å². The summed E-state index contributed by atoms with van der Waals surface area (Å²) in [5.74, 6) is -1.98. The van der Waals surface area contributed by atoms with Crippen LogP contribution in [0.3, 0.4) is 0 Å². The van der Waals surface area contributed by atoms with E-state index >= 15 is 0 Å². The lowest BCUT2D eigenvalue weighted by Crippen LogP contribution is -2.13. The first-order valence-corrected chi connectivity index (χ1v) is 5.56. The molecule has 0 atom stereocenters. The Bertz CT molecular complexity index is 601. The number of rotatable bonds is 2. The molecule has 5 heteroatoms. The van der Waals surface area contributed by atoms with Crippen LogP contribution in [0.15, 0.2) is 47.4 Å². The lowest BCUT2D eigenvalue weighted by Gasteiger charge is -2.06. The quantitative estimate of drug-likeness (QED) is 0.799. The van der Waals surface area contributed by atoms with Crippen molar-refractivity contribution in [1.29, 1.82) is 0 Å². The van der Waals surface area contributed by atoms with Crippen LogP contribution in [0.1, 0.15) is 10.4 Å². The zero-order valence-electron chi connectivity index (χ0n) is 9.15. The summed E-state index contributed by atoms with van der Waals surface area (Å²) in [6.07, 6.45) is 0. The Balaban J connectivity index is 2.21. The second-order valence-electron chi connectivity index (χ2n) is 3.63. The number of halogens is 2. The predicted molar refractivity (Wildman–Crippen MR) is 68.0 cm³/mol. The lowest BCUT2D eigenvalue weighted by molar-refractivity contribution is 0.102. The van der Waals surface area contributed by atoms with Gasteiger partial charge in [0.05, 0.1) is 5.69 Å². The Labute approximate surface area is 108 Å². The monoisotopic (exact) mass is 265 g/mol. The smallest absolute Gasteiger partial charge is 0.255 e. The molecular weight excluding hydrogens is 256 g/mol. The molecular formula is C13H9F2NOS. The molecule has 0 radical (unpaired) electrons. The second-order valence-corrected chi connectivity index (χ2v) is 4.15. The maximum atomic E-state index is 13.3. The molecule has 1 N–H and O–H groups in total. The summed E-state index contributed by atoms with van der Waals surface area (Å²) in [4.78, 5) is 12.4. The number of carbonyl (C=O) groups is 1. The Kier molecular flexibility index (Phi) is 3.62. The van der Waals surface area contributed by atoms with Gasteiger partial charge in [0.25, 0.3) is 5.91 Å². The van der Waals surface area contributed by atoms with E-state index in [9.17, 15) is 13.6 Å². The Morgan fingerprint density at radius 1 is 1.11 bits per heavy atom. The number of thiol groups is 1. The van der Waals surface area contributed by atoms with Gasteiger partial charge in [-0.2, -0.15) is 0 Å². The Hall–Kier alpha value is -1.88. The maximum Gasteiger partial charge on any atom is 0.255 e. The van der Waals surface area contributed by atoms with Crippen molar-refractivity contribution in [2.45, 2.75) is 4.90 Å². The van der Waals surface area contributed by atoms with Gasteiger partial charge in [-0.1, -0.05) is 6.07 Å². The van der Waals surface area contributed by atoms with Gasteiger partial charge in [-0.05, 0) is 30.3 Å². The average molecular weight is 265 g/mol. The van der Waals surface area contributed by atoms with Crippen molar-refractivity contribution in [3.05, 3.63) is 59.7 Å². The summed E-state index contributed by atoms with van der Waals surface area (Å²) < 4.78 is 26.0. The third kappa shape index (κ3) is 2.87. The van der Waals surface area contributed by atoms with Gasteiger partial charge < -0.3 is 5.32 Å². The van der Waals surface area contributed by atoms with E-state index in [-0.39, 0.29) is 5.69 Å². The van der Waals surface area contributed by atoms with Gasteiger partial charge in [-0.15, -0.1) is 12.6 Å². The van der Waals surface area contributed by atoms with Gasteiger partial charge in [0.1, 0.15) is 11.6 Å². The van der Waals surface area contributed by atoms with E-state index in [1.807, 2.05) is 0 Å². The molecule has 92 valence electrons. The standard InChI is InChI=1S/C13H9F2NOS/c14-9-4-5-12(11(15)7-9)16-13(17)8-2-1-3-10(18)6-8/h1-7,18H,(H,16,17). The fourth-order valence-electron chi connectivity index (χ4n) is 1.43. The SMILES string of the molecule is O=C(Nc1ccc(F)cc1F)c1cccc(S)c1. The van der Waals surface area contributed by atoms with Crippen LogP contribution in [0.25, 0.3) is 0 Å². The zero-order chi connectivity index (χ0) is 13.1. The molecule has 0 aliphatic rings. The molecule has 0 aromatic heterocycles. The van der Waals surface area contributed by atoms with E-state index in [4.69, 9.17) is 0 Å². The molecule has 0 bridgehead atoms. The number of nitrogens with one attached hydrogen (secondary N) is 1. The molecule has 0 saturated carbocycles. The van der Waals surface area contributed by atoms with Crippen molar-refractivity contribution in [2.24, 2.45) is 0 Å². The highest BCUT2D eigenvalue weighted by molar-refractivity contribution is 7.80. The van der Waals surface area contributed by atoms with E-state index in [0.29, 0.717) is 16.5 Å². The second kappa shape index (κ2) is 5.18. The molecule has 2 aromatic rings. The molecule has 0 aliphatic carbocycles. The predicted octanol–water partition coefficient (Wildman–Crippen LogP) is 3.51. The van der Waals surface area contributed by atoms with Gasteiger partial charge in [-0.25, -0.2) is 8.78 Å². The van der Waals surface area contributed by atoms with E-state index in [1.54, 1.807) is 24.3 Å². The molecule has 0 heterocycles. The molecule has 0 saturated heterocycles. The first-order chi connectivity index (χ1) is 8.56. The minimum Gasteiger partial charge on any atom is -0.319 e. The lowest BCUT2D eigenvalue weighted by atomic mass is 10.2. The molecule has 2 nitrogen and oxygen atoms in total. The van der Waals surface area contributed by atoms with Crippen molar-refractivity contribution in [3.63, 3.8) is 0 Å². The van der Waals surface area contributed by atoms with Crippen molar-refractivity contribution in [2.75, 3.05) is 5.32 Å². The summed E-state index contributed by atoms with van der Waals surface area (Å²) in [5.41, 5.74) is 0.289. The van der Waals surface area contributed by atoms with Gasteiger partial charge >= 0.3 is 0 Å². The summed E-state index contributed by atoms with van der Waals surface area (Å²) in [6, 6.07) is 9.48. The van der Waals surface area contributed by atoms with Crippen LogP contribution in [0.4, 0.5) is 14.5 Å². The van der Waals surface area contributed by atoms with Crippen molar-refractivity contribution < 1.29 is 13.6 Å². The van der Waals surface area contributed by atoms with Gasteiger partial charge in [0.15, 0.2) is 0 Å². The summed E-state index contributed by atoms with van der Waals surface area (Å²) in [5, 5.41) is 2.37. The summed E-state index contributed by atoms with van der Waals surface area (Å²) >= 11 is 4.10. The fraction of sp³-hybridized carbons (Fsp3) is 0. The summed E-state index contributed by atoms with van der Waals surface area (Å²) in [6.45, 7) is 0. The molecule has 2 aromatic carbocycles. The van der Waals surface area contributed by atoms with E-state index in [0.717, 1.165) is 6.07 Å². The largest absolute Gasteiger partial charge is 0.319 e. The molecule has 0 spiro atoms. The average Bonchev–Trinajstić information content (AvgIpc) is 2.32. The number of amides is 1. The summed E-state index contributed by atoms with van der Waals surface area (Å²) in [7, 11) is 0. The zero-order valence-corrected chi connectivity index (χ0v) is 10.0. The van der Waals surface area contributed by atoms with Crippen LogP contribution >= 0.6 is 12.6 Å². The van der Waals surface area contributed by atoms with Gasteiger partial charge in [0, 0.05) is 16.5 Å². The topological polar surface area (TPSA) is 29.1 Å². The number of anilines is 1. The Morgan fingerprint density at radius 3 is 2.56 bits per heavy atom. The first-order valence-electron chi connectivity index (χ1n) is 5.12. The van der Waals surface area contributed by atoms with E-state index < -0.39 is 17.5 Å². The Morgan fingerprint density at radius 2 is 1.89 bits per heavy atom. The van der Waals surface area contributed by atoms with Crippen LogP contribution in [0, 0.1) is 11.6 Å². The van der Waals surface area contributed by atoms with Crippen molar-refractivity contribution in [3.8, 4) is 0 Å². The normalized spacial score (nSPS) is 10.2. The number of benzene rings is 2.